The lowest BCUT2D eigenvalue weighted by atomic mass is 10.0. The molecule has 3 aromatic rings. The van der Waals surface area contributed by atoms with Crippen molar-refractivity contribution in [1.82, 2.24) is 19.1 Å². The predicted octanol–water partition coefficient (Wildman–Crippen LogP) is 4.46. The van der Waals surface area contributed by atoms with Crippen LogP contribution in [0.4, 0.5) is 27.6 Å². The van der Waals surface area contributed by atoms with Gasteiger partial charge in [-0.2, -0.15) is 17.5 Å². The smallest absolute Gasteiger partial charge is 0.368 e. The first-order valence-corrected chi connectivity index (χ1v) is 13.8. The summed E-state index contributed by atoms with van der Waals surface area (Å²) in [6.07, 6.45) is -2.33. The van der Waals surface area contributed by atoms with Gasteiger partial charge in [0, 0.05) is 49.1 Å². The molecule has 1 aliphatic carbocycles. The lowest BCUT2D eigenvalue weighted by Crippen LogP contribution is -2.52. The molecule has 1 saturated carbocycles. The van der Waals surface area contributed by atoms with E-state index in [0.29, 0.717) is 23.0 Å². The second kappa shape index (κ2) is 9.01. The van der Waals surface area contributed by atoms with E-state index in [2.05, 4.69) is 10.2 Å². The lowest BCUT2D eigenvalue weighted by molar-refractivity contribution is -0.176. The van der Waals surface area contributed by atoms with E-state index in [1.54, 1.807) is 35.8 Å². The van der Waals surface area contributed by atoms with Crippen LogP contribution in [0.25, 0.3) is 0 Å². The molecule has 0 radical (unpaired) electrons. The molecule has 2 aliphatic heterocycles. The minimum atomic E-state index is -4.86. The molecule has 7 nitrogen and oxygen atoms in total. The number of aromatic nitrogens is 3. The highest BCUT2D eigenvalue weighted by atomic mass is 32.2. The van der Waals surface area contributed by atoms with Crippen LogP contribution in [-0.2, 0) is 16.6 Å². The minimum Gasteiger partial charge on any atom is -0.368 e. The standard InChI is InChI=1S/C25H24F5N5O2S/c26-19-9-21(33-11-17-18(12-33)24(17)34-13-31-32-14-34)20(27)8-16(19)10-35-23(25(28,29)30)7-6-22(38(35,36)37)15-4-2-1-3-5-15/h1-5,8-9,13-14,17-18,22-24H,6-7,10-12H2/t17-,18+,22-,23-,24+/m1/s1. The first-order valence-electron chi connectivity index (χ1n) is 12.2. The van der Waals surface area contributed by atoms with Crippen molar-refractivity contribution < 1.29 is 30.4 Å². The molecule has 0 N–H and O–H groups in total. The Hall–Kier alpha value is -3.06. The molecule has 0 spiro atoms. The maximum Gasteiger partial charge on any atom is 0.405 e. The zero-order valence-electron chi connectivity index (χ0n) is 20.0. The van der Waals surface area contributed by atoms with Gasteiger partial charge in [-0.1, -0.05) is 30.3 Å². The molecule has 5 atom stereocenters. The first kappa shape index (κ1) is 25.2. The van der Waals surface area contributed by atoms with Crippen LogP contribution < -0.4 is 4.90 Å². The maximum absolute atomic E-state index is 15.2. The van der Waals surface area contributed by atoms with Crippen LogP contribution in [0.5, 0.6) is 0 Å². The van der Waals surface area contributed by atoms with E-state index < -0.39 is 57.7 Å². The molecule has 1 aromatic heterocycles. The molecule has 3 heterocycles. The molecule has 0 bridgehead atoms. The number of rotatable bonds is 5. The average molecular weight is 554 g/mol. The van der Waals surface area contributed by atoms with Crippen molar-refractivity contribution in [2.45, 2.75) is 42.9 Å². The quantitative estimate of drug-likeness (QED) is 0.437. The SMILES string of the molecule is O=S1(=O)[C@@H](c2ccccc2)CC[C@H](C(F)(F)F)N1Cc1cc(F)c(N2C[C@@H]3[C@H](C2)[C@H]3n2cnnc2)cc1F. The molecule has 202 valence electrons. The van der Waals surface area contributed by atoms with Gasteiger partial charge in [-0.05, 0) is 24.5 Å². The van der Waals surface area contributed by atoms with Crippen molar-refractivity contribution >= 4 is 15.7 Å². The van der Waals surface area contributed by atoms with Crippen LogP contribution in [0, 0.1) is 23.5 Å². The predicted molar refractivity (Wildman–Crippen MR) is 127 cm³/mol. The zero-order valence-corrected chi connectivity index (χ0v) is 20.8. The number of hydrogen-bond acceptors (Lipinski definition) is 5. The fraction of sp³-hybridized carbons (Fsp3) is 0.440. The topological polar surface area (TPSA) is 71.3 Å². The van der Waals surface area contributed by atoms with Crippen molar-refractivity contribution in [3.63, 3.8) is 0 Å². The number of nitrogens with zero attached hydrogens (tertiary/aromatic N) is 5. The molecule has 0 unspecified atom stereocenters. The van der Waals surface area contributed by atoms with Crippen LogP contribution in [0.1, 0.15) is 35.3 Å². The van der Waals surface area contributed by atoms with Crippen LogP contribution in [0.2, 0.25) is 0 Å². The Balaban J connectivity index is 1.25. The monoisotopic (exact) mass is 553 g/mol. The van der Waals surface area contributed by atoms with E-state index >= 15 is 8.78 Å². The molecular formula is C25H24F5N5O2S. The van der Waals surface area contributed by atoms with Crippen molar-refractivity contribution in [2.75, 3.05) is 18.0 Å². The van der Waals surface area contributed by atoms with Gasteiger partial charge in [-0.25, -0.2) is 17.2 Å². The van der Waals surface area contributed by atoms with Gasteiger partial charge in [-0.15, -0.1) is 10.2 Å². The van der Waals surface area contributed by atoms with Crippen LogP contribution in [0.15, 0.2) is 55.1 Å². The zero-order chi connectivity index (χ0) is 26.8. The summed E-state index contributed by atoms with van der Waals surface area (Å²) in [5.41, 5.74) is -0.0704. The summed E-state index contributed by atoms with van der Waals surface area (Å²) in [4.78, 5) is 1.71. The van der Waals surface area contributed by atoms with Crippen molar-refractivity contribution in [3.05, 3.63) is 77.9 Å². The van der Waals surface area contributed by atoms with Crippen LogP contribution in [-0.4, -0.2) is 52.8 Å². The number of hydrogen-bond donors (Lipinski definition) is 0. The third kappa shape index (κ3) is 4.25. The summed E-state index contributed by atoms with van der Waals surface area (Å²) >= 11 is 0. The van der Waals surface area contributed by atoms with Gasteiger partial charge in [-0.3, -0.25) is 0 Å². The number of anilines is 1. The van der Waals surface area contributed by atoms with Gasteiger partial charge in [0.15, 0.2) is 0 Å². The van der Waals surface area contributed by atoms with Crippen LogP contribution in [0.3, 0.4) is 0 Å². The number of sulfonamides is 1. The number of fused-ring (bicyclic) bond motifs is 1. The van der Waals surface area contributed by atoms with Crippen molar-refractivity contribution in [1.29, 1.82) is 0 Å². The summed E-state index contributed by atoms with van der Waals surface area (Å²) in [5.74, 6) is -1.29. The maximum atomic E-state index is 15.2. The van der Waals surface area contributed by atoms with Gasteiger partial charge in [0.05, 0.1) is 5.69 Å². The van der Waals surface area contributed by atoms with Crippen molar-refractivity contribution in [2.24, 2.45) is 11.8 Å². The highest BCUT2D eigenvalue weighted by Crippen LogP contribution is 2.56. The Kier molecular flexibility index (Phi) is 5.98. The summed E-state index contributed by atoms with van der Waals surface area (Å²) in [5, 5.41) is 6.39. The molecule has 38 heavy (non-hydrogen) atoms. The molecule has 2 aromatic carbocycles. The number of alkyl halides is 3. The largest absolute Gasteiger partial charge is 0.405 e. The second-order valence-electron chi connectivity index (χ2n) is 10.2. The number of halogens is 5. The van der Waals surface area contributed by atoms with Gasteiger partial charge >= 0.3 is 6.18 Å². The van der Waals surface area contributed by atoms with E-state index in [-0.39, 0.29) is 30.0 Å². The molecule has 0 amide bonds. The Morgan fingerprint density at radius 2 is 1.58 bits per heavy atom. The number of piperidine rings is 1. The van der Waals surface area contributed by atoms with Gasteiger partial charge in [0.2, 0.25) is 10.0 Å². The molecule has 6 rings (SSSR count). The summed E-state index contributed by atoms with van der Waals surface area (Å²) in [7, 11) is -4.53. The Morgan fingerprint density at radius 3 is 2.21 bits per heavy atom. The summed E-state index contributed by atoms with van der Waals surface area (Å²) in [6.45, 7) is 0.0527. The van der Waals surface area contributed by atoms with E-state index in [1.807, 2.05) is 4.57 Å². The Bertz CT molecular complexity index is 1420. The van der Waals surface area contributed by atoms with E-state index in [4.69, 9.17) is 0 Å². The third-order valence-electron chi connectivity index (χ3n) is 8.00. The van der Waals surface area contributed by atoms with E-state index in [9.17, 15) is 21.6 Å². The fourth-order valence-electron chi connectivity index (χ4n) is 6.08. The Labute approximate surface area is 215 Å². The lowest BCUT2D eigenvalue weighted by Gasteiger charge is -2.40. The van der Waals surface area contributed by atoms with Gasteiger partial charge in [0.25, 0.3) is 0 Å². The van der Waals surface area contributed by atoms with Gasteiger partial charge < -0.3 is 9.47 Å². The van der Waals surface area contributed by atoms with Crippen LogP contribution >= 0.6 is 0 Å². The highest BCUT2D eigenvalue weighted by Gasteiger charge is 2.57. The third-order valence-corrected chi connectivity index (χ3v) is 10.3. The summed E-state index contributed by atoms with van der Waals surface area (Å²) in [6, 6.07) is 7.62. The summed E-state index contributed by atoms with van der Waals surface area (Å²) < 4.78 is 101. The normalized spacial score (nSPS) is 28.9. The second-order valence-corrected chi connectivity index (χ2v) is 12.2. The minimum absolute atomic E-state index is 0.0111. The molecule has 2 saturated heterocycles. The van der Waals surface area contributed by atoms with E-state index in [1.165, 1.54) is 12.1 Å². The number of benzene rings is 2. The molecule has 3 aliphatic rings. The Morgan fingerprint density at radius 1 is 0.921 bits per heavy atom. The van der Waals surface area contributed by atoms with Gasteiger partial charge in [0.1, 0.15) is 35.6 Å². The average Bonchev–Trinajstić information content (AvgIpc) is 3.23. The highest BCUT2D eigenvalue weighted by molar-refractivity contribution is 7.89. The molecule has 13 heteroatoms. The molecule has 3 fully saturated rings. The van der Waals surface area contributed by atoms with Crippen molar-refractivity contribution in [3.8, 4) is 0 Å². The van der Waals surface area contributed by atoms with E-state index in [0.717, 1.165) is 12.1 Å². The first-order chi connectivity index (χ1) is 18.1. The molecular weight excluding hydrogens is 529 g/mol. The fourth-order valence-corrected chi connectivity index (χ4v) is 8.24.